The molecule has 0 spiro atoms. The first kappa shape index (κ1) is 11.8. The van der Waals surface area contributed by atoms with Crippen molar-refractivity contribution in [2.75, 3.05) is 6.54 Å². The zero-order valence-corrected chi connectivity index (χ0v) is 7.73. The van der Waals surface area contributed by atoms with Crippen molar-refractivity contribution in [2.24, 2.45) is 0 Å². The van der Waals surface area contributed by atoms with Crippen LogP contribution in [0.4, 0.5) is 0 Å². The monoisotopic (exact) mass is 178 g/mol. The van der Waals surface area contributed by atoms with Crippen LogP contribution in [0.2, 0.25) is 0 Å². The van der Waals surface area contributed by atoms with E-state index in [4.69, 9.17) is 15.3 Å². The Morgan fingerprint density at radius 1 is 1.08 bits per heavy atom. The summed E-state index contributed by atoms with van der Waals surface area (Å²) in [7, 11) is 0. The lowest BCUT2D eigenvalue weighted by atomic mass is 10.4. The van der Waals surface area contributed by atoms with Gasteiger partial charge in [-0.2, -0.15) is 5.01 Å². The van der Waals surface area contributed by atoms with E-state index in [0.29, 0.717) is 6.54 Å². The Morgan fingerprint density at radius 2 is 1.50 bits per heavy atom. The molecule has 0 aliphatic heterocycles. The average molecular weight is 178 g/mol. The van der Waals surface area contributed by atoms with Crippen molar-refractivity contribution in [3.8, 4) is 0 Å². The first-order chi connectivity index (χ1) is 5.45. The summed E-state index contributed by atoms with van der Waals surface area (Å²) in [6.07, 6.45) is -2.09. The summed E-state index contributed by atoms with van der Waals surface area (Å²) in [6, 6.07) is 0. The van der Waals surface area contributed by atoms with Crippen molar-refractivity contribution in [3.05, 3.63) is 0 Å². The molecular weight excluding hydrogens is 160 g/mol. The van der Waals surface area contributed by atoms with Gasteiger partial charge in [0, 0.05) is 6.54 Å². The van der Waals surface area contributed by atoms with Crippen molar-refractivity contribution in [1.29, 1.82) is 0 Å². The van der Waals surface area contributed by atoms with Crippen LogP contribution in [-0.2, 0) is 0 Å². The number of hydrogen-bond acceptors (Lipinski definition) is 5. The molecule has 0 aliphatic rings. The maximum Gasteiger partial charge on any atom is 0.119 e. The Bertz CT molecular complexity index is 109. The molecule has 5 heteroatoms. The van der Waals surface area contributed by atoms with Crippen LogP contribution in [0.15, 0.2) is 0 Å². The molecule has 0 aromatic carbocycles. The lowest BCUT2D eigenvalue weighted by Crippen LogP contribution is -2.51. The molecule has 4 N–H and O–H groups in total. The Balaban J connectivity index is 3.80. The number of rotatable bonds is 5. The van der Waals surface area contributed by atoms with Crippen molar-refractivity contribution < 1.29 is 15.3 Å². The second-order valence-electron chi connectivity index (χ2n) is 2.88. The highest BCUT2D eigenvalue weighted by molar-refractivity contribution is 4.56. The second-order valence-corrected chi connectivity index (χ2v) is 2.88. The first-order valence-corrected chi connectivity index (χ1v) is 4.01. The largest absolute Gasteiger partial charge is 0.392 e. The molecule has 0 saturated carbocycles. The minimum Gasteiger partial charge on any atom is -0.392 e. The molecule has 0 heterocycles. The fourth-order valence-electron chi connectivity index (χ4n) is 0.814. The molecular formula is C7H18N2O3. The van der Waals surface area contributed by atoms with E-state index in [-0.39, 0.29) is 0 Å². The number of hydrazine groups is 1. The van der Waals surface area contributed by atoms with Crippen molar-refractivity contribution in [3.63, 3.8) is 0 Å². The topological polar surface area (TPSA) is 76.0 Å². The number of aliphatic hydroxyl groups is 3. The van der Waals surface area contributed by atoms with Gasteiger partial charge in [-0.25, -0.2) is 5.43 Å². The minimum atomic E-state index is -0.788. The highest BCUT2D eigenvalue weighted by atomic mass is 16.3. The fraction of sp³-hybridized carbons (Fsp3) is 1.00. The summed E-state index contributed by atoms with van der Waals surface area (Å²) in [5.41, 5.74) is 2.70. The van der Waals surface area contributed by atoms with E-state index in [9.17, 15) is 0 Å². The SMILES string of the molecule is CC(O)CNN(C(C)O)C(C)O. The van der Waals surface area contributed by atoms with E-state index < -0.39 is 18.6 Å². The Hall–Kier alpha value is -0.200. The Kier molecular flexibility index (Phi) is 5.36. The fourth-order valence-corrected chi connectivity index (χ4v) is 0.814. The lowest BCUT2D eigenvalue weighted by Gasteiger charge is -2.29. The van der Waals surface area contributed by atoms with Crippen LogP contribution in [0.5, 0.6) is 0 Å². The molecule has 0 aliphatic carbocycles. The van der Waals surface area contributed by atoms with Gasteiger partial charge in [-0.1, -0.05) is 0 Å². The summed E-state index contributed by atoms with van der Waals surface area (Å²) in [5, 5.41) is 28.4. The predicted molar refractivity (Wildman–Crippen MR) is 44.9 cm³/mol. The molecule has 12 heavy (non-hydrogen) atoms. The van der Waals surface area contributed by atoms with Crippen LogP contribution in [0.25, 0.3) is 0 Å². The van der Waals surface area contributed by atoms with E-state index >= 15 is 0 Å². The van der Waals surface area contributed by atoms with Gasteiger partial charge in [0.1, 0.15) is 12.5 Å². The Morgan fingerprint density at radius 3 is 1.75 bits per heavy atom. The second kappa shape index (κ2) is 5.45. The average Bonchev–Trinajstić information content (AvgIpc) is 1.84. The highest BCUT2D eigenvalue weighted by Crippen LogP contribution is 1.96. The van der Waals surface area contributed by atoms with Gasteiger partial charge >= 0.3 is 0 Å². The van der Waals surface area contributed by atoms with Crippen LogP contribution in [0.3, 0.4) is 0 Å². The van der Waals surface area contributed by atoms with Gasteiger partial charge in [0.25, 0.3) is 0 Å². The zero-order valence-electron chi connectivity index (χ0n) is 7.73. The van der Waals surface area contributed by atoms with Gasteiger partial charge in [-0.15, -0.1) is 0 Å². The van der Waals surface area contributed by atoms with Crippen LogP contribution in [0.1, 0.15) is 20.8 Å². The molecule has 0 fully saturated rings. The molecule has 3 atom stereocenters. The molecule has 0 radical (unpaired) electrons. The molecule has 0 bridgehead atoms. The predicted octanol–water partition coefficient (Wildman–Crippen LogP) is -1.15. The van der Waals surface area contributed by atoms with Crippen LogP contribution >= 0.6 is 0 Å². The summed E-state index contributed by atoms with van der Waals surface area (Å²) >= 11 is 0. The van der Waals surface area contributed by atoms with E-state index in [2.05, 4.69) is 5.43 Å². The van der Waals surface area contributed by atoms with Crippen molar-refractivity contribution in [2.45, 2.75) is 39.3 Å². The number of aliphatic hydroxyl groups excluding tert-OH is 3. The molecule has 3 unspecified atom stereocenters. The summed E-state index contributed by atoms with van der Waals surface area (Å²) in [4.78, 5) is 0. The maximum absolute atomic E-state index is 9.12. The van der Waals surface area contributed by atoms with Crippen LogP contribution in [0, 0.1) is 0 Å². The first-order valence-electron chi connectivity index (χ1n) is 4.01. The summed E-state index contributed by atoms with van der Waals surface area (Å²) < 4.78 is 0. The molecule has 0 aromatic heterocycles. The molecule has 0 amide bonds. The van der Waals surface area contributed by atoms with Gasteiger partial charge in [-0.3, -0.25) is 0 Å². The van der Waals surface area contributed by atoms with E-state index in [0.717, 1.165) is 0 Å². The van der Waals surface area contributed by atoms with Gasteiger partial charge in [0.05, 0.1) is 6.10 Å². The standard InChI is InChI=1S/C7H18N2O3/c1-5(10)4-8-9(6(2)11)7(3)12/h5-8,10-12H,4H2,1-3H3. The van der Waals surface area contributed by atoms with E-state index in [1.54, 1.807) is 6.92 Å². The molecule has 74 valence electrons. The normalized spacial score (nSPS) is 19.2. The van der Waals surface area contributed by atoms with Crippen molar-refractivity contribution in [1.82, 2.24) is 10.4 Å². The van der Waals surface area contributed by atoms with Crippen molar-refractivity contribution >= 4 is 0 Å². The number of nitrogens with zero attached hydrogens (tertiary/aromatic N) is 1. The van der Waals surface area contributed by atoms with Crippen LogP contribution < -0.4 is 5.43 Å². The maximum atomic E-state index is 9.12. The molecule has 0 aromatic rings. The van der Waals surface area contributed by atoms with Gasteiger partial charge in [-0.05, 0) is 20.8 Å². The molecule has 0 rings (SSSR count). The van der Waals surface area contributed by atoms with E-state index in [1.807, 2.05) is 0 Å². The van der Waals surface area contributed by atoms with Gasteiger partial charge in [0.15, 0.2) is 0 Å². The zero-order chi connectivity index (χ0) is 9.72. The van der Waals surface area contributed by atoms with E-state index in [1.165, 1.54) is 18.9 Å². The van der Waals surface area contributed by atoms with Crippen LogP contribution in [-0.4, -0.2) is 45.4 Å². The number of nitrogens with one attached hydrogen (secondary N) is 1. The summed E-state index contributed by atoms with van der Waals surface area (Å²) in [5.74, 6) is 0. The summed E-state index contributed by atoms with van der Waals surface area (Å²) in [6.45, 7) is 4.98. The molecule has 0 saturated heterocycles. The lowest BCUT2D eigenvalue weighted by molar-refractivity contribution is -0.120. The third-order valence-electron chi connectivity index (χ3n) is 1.37. The third kappa shape index (κ3) is 4.63. The van der Waals surface area contributed by atoms with Gasteiger partial charge in [0.2, 0.25) is 0 Å². The molecule has 5 nitrogen and oxygen atoms in total. The smallest absolute Gasteiger partial charge is 0.119 e. The van der Waals surface area contributed by atoms with Gasteiger partial charge < -0.3 is 15.3 Å². The highest BCUT2D eigenvalue weighted by Gasteiger charge is 2.15. The number of hydrogen-bond donors (Lipinski definition) is 4. The minimum absolute atomic E-state index is 0.301. The quantitative estimate of drug-likeness (QED) is 0.316. The third-order valence-corrected chi connectivity index (χ3v) is 1.37. The Labute approximate surface area is 72.6 Å².